The molecule has 0 spiro atoms. The molecule has 2 nitrogen and oxygen atoms in total. The fourth-order valence-electron chi connectivity index (χ4n) is 1.51. The summed E-state index contributed by atoms with van der Waals surface area (Å²) in [6.07, 6.45) is 1.02. The summed E-state index contributed by atoms with van der Waals surface area (Å²) in [5.41, 5.74) is 4.21. The molecule has 1 aromatic carbocycles. The molecule has 0 saturated heterocycles. The molecule has 2 rings (SSSR count). The topological polar surface area (TPSA) is 24.9 Å². The van der Waals surface area contributed by atoms with Crippen LogP contribution in [0.1, 0.15) is 10.6 Å². The van der Waals surface area contributed by atoms with E-state index < -0.39 is 0 Å². The number of hydrogen-bond donors (Lipinski definition) is 1. The summed E-state index contributed by atoms with van der Waals surface area (Å²) >= 11 is 7.60. The van der Waals surface area contributed by atoms with Gasteiger partial charge >= 0.3 is 0 Å². The standard InChI is InChI=1S/C12H12BrIN2S/c1-8-12(17-7-16-8)4-5-15-11-3-2-9(14)6-10(11)13/h2-3,6-7,15H,4-5H2,1H3. The van der Waals surface area contributed by atoms with Crippen molar-refractivity contribution < 1.29 is 0 Å². The molecule has 1 aromatic heterocycles. The number of anilines is 1. The molecule has 1 heterocycles. The van der Waals surface area contributed by atoms with Gasteiger partial charge in [-0.1, -0.05) is 0 Å². The second-order valence-corrected chi connectivity index (χ2v) is 6.70. The smallest absolute Gasteiger partial charge is 0.0797 e. The minimum Gasteiger partial charge on any atom is -0.384 e. The number of aryl methyl sites for hydroxylation is 1. The van der Waals surface area contributed by atoms with Crippen LogP contribution in [0.5, 0.6) is 0 Å². The van der Waals surface area contributed by atoms with E-state index in [9.17, 15) is 0 Å². The lowest BCUT2D eigenvalue weighted by atomic mass is 10.3. The van der Waals surface area contributed by atoms with Crippen molar-refractivity contribution in [2.45, 2.75) is 13.3 Å². The zero-order chi connectivity index (χ0) is 12.3. The van der Waals surface area contributed by atoms with E-state index in [0.29, 0.717) is 0 Å². The summed E-state index contributed by atoms with van der Waals surface area (Å²) in [6.45, 7) is 2.99. The van der Waals surface area contributed by atoms with Gasteiger partial charge in [0.2, 0.25) is 0 Å². The molecule has 0 bridgehead atoms. The van der Waals surface area contributed by atoms with Gasteiger partial charge in [0.1, 0.15) is 0 Å². The van der Waals surface area contributed by atoms with Gasteiger partial charge in [-0.15, -0.1) is 11.3 Å². The van der Waals surface area contributed by atoms with E-state index in [0.717, 1.165) is 28.8 Å². The van der Waals surface area contributed by atoms with Crippen molar-refractivity contribution in [1.82, 2.24) is 4.98 Å². The summed E-state index contributed by atoms with van der Waals surface area (Å²) in [4.78, 5) is 5.61. The fourth-order valence-corrected chi connectivity index (χ4v) is 3.73. The predicted octanol–water partition coefficient (Wildman–Crippen LogP) is 4.47. The number of halogens is 2. The highest BCUT2D eigenvalue weighted by molar-refractivity contribution is 14.1. The van der Waals surface area contributed by atoms with Gasteiger partial charge in [0.15, 0.2) is 0 Å². The largest absolute Gasteiger partial charge is 0.384 e. The number of rotatable bonds is 4. The lowest BCUT2D eigenvalue weighted by Crippen LogP contribution is -2.05. The Bertz CT molecular complexity index is 513. The highest BCUT2D eigenvalue weighted by Crippen LogP contribution is 2.24. The van der Waals surface area contributed by atoms with Crippen molar-refractivity contribution in [2.24, 2.45) is 0 Å². The molecule has 2 aromatic rings. The quantitative estimate of drug-likeness (QED) is 0.735. The summed E-state index contributed by atoms with van der Waals surface area (Å²) in [5, 5.41) is 3.43. The Labute approximate surface area is 127 Å². The molecule has 0 atom stereocenters. The van der Waals surface area contributed by atoms with Crippen molar-refractivity contribution in [1.29, 1.82) is 0 Å². The van der Waals surface area contributed by atoms with Gasteiger partial charge in [0.05, 0.1) is 11.2 Å². The van der Waals surface area contributed by atoms with Crippen LogP contribution in [0.15, 0.2) is 28.2 Å². The maximum Gasteiger partial charge on any atom is 0.0797 e. The van der Waals surface area contributed by atoms with Gasteiger partial charge in [-0.25, -0.2) is 4.98 Å². The number of benzene rings is 1. The van der Waals surface area contributed by atoms with Crippen molar-refractivity contribution in [3.8, 4) is 0 Å². The van der Waals surface area contributed by atoms with Crippen LogP contribution < -0.4 is 5.32 Å². The highest BCUT2D eigenvalue weighted by Gasteiger charge is 2.02. The second kappa shape index (κ2) is 6.15. The number of hydrogen-bond acceptors (Lipinski definition) is 3. The molecule has 0 saturated carbocycles. The first-order valence-corrected chi connectivity index (χ1v) is 8.00. The first-order chi connectivity index (χ1) is 8.16. The van der Waals surface area contributed by atoms with E-state index in [1.807, 2.05) is 5.51 Å². The van der Waals surface area contributed by atoms with E-state index in [1.165, 1.54) is 8.45 Å². The second-order valence-electron chi connectivity index (χ2n) is 3.66. The third-order valence-corrected chi connectivity index (χ3v) is 4.77. The Balaban J connectivity index is 1.92. The van der Waals surface area contributed by atoms with Gasteiger partial charge in [-0.05, 0) is 63.6 Å². The van der Waals surface area contributed by atoms with Crippen LogP contribution >= 0.6 is 49.9 Å². The molecule has 0 fully saturated rings. The molecule has 0 amide bonds. The van der Waals surface area contributed by atoms with E-state index in [-0.39, 0.29) is 0 Å². The number of aromatic nitrogens is 1. The Kier molecular flexibility index (Phi) is 4.81. The fraction of sp³-hybridized carbons (Fsp3) is 0.250. The van der Waals surface area contributed by atoms with Gasteiger partial charge < -0.3 is 5.32 Å². The molecule has 0 aliphatic rings. The van der Waals surface area contributed by atoms with E-state index in [1.54, 1.807) is 11.3 Å². The van der Waals surface area contributed by atoms with Crippen LogP contribution in [0.25, 0.3) is 0 Å². The zero-order valence-electron chi connectivity index (χ0n) is 9.34. The third kappa shape index (κ3) is 3.66. The normalized spacial score (nSPS) is 10.5. The molecule has 90 valence electrons. The van der Waals surface area contributed by atoms with E-state index in [2.05, 4.69) is 73.9 Å². The van der Waals surface area contributed by atoms with Gasteiger partial charge in [0.25, 0.3) is 0 Å². The van der Waals surface area contributed by atoms with Gasteiger partial charge in [-0.3, -0.25) is 0 Å². The molecule has 1 N–H and O–H groups in total. The van der Waals surface area contributed by atoms with Crippen LogP contribution in [-0.4, -0.2) is 11.5 Å². The molecule has 0 aliphatic carbocycles. The summed E-state index contributed by atoms with van der Waals surface area (Å²) in [7, 11) is 0. The van der Waals surface area contributed by atoms with Crippen molar-refractivity contribution >= 4 is 55.5 Å². The molecule has 5 heteroatoms. The molecular formula is C12H12BrIN2S. The number of nitrogens with zero attached hydrogens (tertiary/aromatic N) is 1. The van der Waals surface area contributed by atoms with Gasteiger partial charge in [-0.2, -0.15) is 0 Å². The van der Waals surface area contributed by atoms with Crippen LogP contribution in [0.3, 0.4) is 0 Å². The van der Waals surface area contributed by atoms with Crippen LogP contribution in [0.4, 0.5) is 5.69 Å². The number of nitrogens with one attached hydrogen (secondary N) is 1. The lowest BCUT2D eigenvalue weighted by molar-refractivity contribution is 1.02. The Morgan fingerprint density at radius 2 is 2.29 bits per heavy atom. The molecule has 17 heavy (non-hydrogen) atoms. The summed E-state index contributed by atoms with van der Waals surface area (Å²) in [6, 6.07) is 6.32. The highest BCUT2D eigenvalue weighted by atomic mass is 127. The van der Waals surface area contributed by atoms with Gasteiger partial charge in [0, 0.05) is 31.6 Å². The Morgan fingerprint density at radius 1 is 1.47 bits per heavy atom. The van der Waals surface area contributed by atoms with E-state index >= 15 is 0 Å². The van der Waals surface area contributed by atoms with Crippen LogP contribution in [0.2, 0.25) is 0 Å². The minimum atomic E-state index is 0.933. The first kappa shape index (κ1) is 13.3. The molecular weight excluding hydrogens is 411 g/mol. The molecule has 0 aliphatic heterocycles. The average Bonchev–Trinajstić information content (AvgIpc) is 2.68. The maximum absolute atomic E-state index is 4.25. The minimum absolute atomic E-state index is 0.933. The average molecular weight is 423 g/mol. The SMILES string of the molecule is Cc1ncsc1CCNc1ccc(I)cc1Br. The van der Waals surface area contributed by atoms with Crippen molar-refractivity contribution in [3.63, 3.8) is 0 Å². The van der Waals surface area contributed by atoms with E-state index in [4.69, 9.17) is 0 Å². The first-order valence-electron chi connectivity index (χ1n) is 5.24. The molecule has 0 unspecified atom stereocenters. The number of thiazole rings is 1. The van der Waals surface area contributed by atoms with Crippen molar-refractivity contribution in [2.75, 3.05) is 11.9 Å². The van der Waals surface area contributed by atoms with Crippen molar-refractivity contribution in [3.05, 3.63) is 42.3 Å². The third-order valence-electron chi connectivity index (χ3n) is 2.44. The maximum atomic E-state index is 4.25. The Hall–Kier alpha value is -0.140. The predicted molar refractivity (Wildman–Crippen MR) is 85.9 cm³/mol. The summed E-state index contributed by atoms with van der Waals surface area (Å²) in [5.74, 6) is 0. The van der Waals surface area contributed by atoms with Crippen LogP contribution in [-0.2, 0) is 6.42 Å². The monoisotopic (exact) mass is 422 g/mol. The lowest BCUT2D eigenvalue weighted by Gasteiger charge is -2.08. The van der Waals surface area contributed by atoms with Crippen LogP contribution in [0, 0.1) is 10.5 Å². The zero-order valence-corrected chi connectivity index (χ0v) is 13.9. The summed E-state index contributed by atoms with van der Waals surface area (Å²) < 4.78 is 2.35. The molecule has 0 radical (unpaired) electrons. The Morgan fingerprint density at radius 3 is 2.94 bits per heavy atom.